The molecule has 0 unspecified atom stereocenters. The minimum atomic E-state index is -3.67. The lowest BCUT2D eigenvalue weighted by atomic mass is 10.1. The van der Waals surface area contributed by atoms with Gasteiger partial charge in [-0.05, 0) is 50.2 Å². The number of aromatic nitrogens is 3. The Bertz CT molecular complexity index is 1450. The lowest BCUT2D eigenvalue weighted by Crippen LogP contribution is -2.49. The zero-order valence-corrected chi connectivity index (χ0v) is 20.6. The van der Waals surface area contributed by atoms with E-state index in [1.54, 1.807) is 18.5 Å². The molecule has 0 spiro atoms. The molecular weight excluding hydrogens is 462 g/mol. The van der Waals surface area contributed by atoms with Gasteiger partial charge in [-0.1, -0.05) is 18.2 Å². The van der Waals surface area contributed by atoms with E-state index in [4.69, 9.17) is 4.74 Å². The maximum Gasteiger partial charge on any atom is 0.245 e. The Kier molecular flexibility index (Phi) is 6.36. The summed E-state index contributed by atoms with van der Waals surface area (Å²) < 4.78 is 34.1. The highest BCUT2D eigenvalue weighted by Crippen LogP contribution is 2.27. The number of anilines is 1. The van der Waals surface area contributed by atoms with Crippen LogP contribution in [0.3, 0.4) is 0 Å². The van der Waals surface area contributed by atoms with E-state index >= 15 is 0 Å². The van der Waals surface area contributed by atoms with Gasteiger partial charge in [-0.3, -0.25) is 4.98 Å². The fourth-order valence-corrected chi connectivity index (χ4v) is 5.87. The van der Waals surface area contributed by atoms with E-state index in [1.165, 1.54) is 4.31 Å². The Morgan fingerprint density at radius 1 is 0.943 bits per heavy atom. The summed E-state index contributed by atoms with van der Waals surface area (Å²) in [5.41, 5.74) is 3.09. The van der Waals surface area contributed by atoms with E-state index in [2.05, 4.69) is 19.9 Å². The second-order valence-corrected chi connectivity index (χ2v) is 10.3. The summed E-state index contributed by atoms with van der Waals surface area (Å²) in [6.07, 6.45) is 1.55. The Morgan fingerprint density at radius 2 is 1.71 bits per heavy atom. The van der Waals surface area contributed by atoms with Gasteiger partial charge in [0.2, 0.25) is 10.0 Å². The van der Waals surface area contributed by atoms with Crippen LogP contribution in [0.25, 0.3) is 22.2 Å². The molecule has 35 heavy (non-hydrogen) atoms. The van der Waals surface area contributed by atoms with Crippen molar-refractivity contribution in [2.75, 3.05) is 37.7 Å². The first kappa shape index (κ1) is 23.2. The van der Waals surface area contributed by atoms with Crippen molar-refractivity contribution >= 4 is 26.7 Å². The van der Waals surface area contributed by atoms with E-state index in [1.807, 2.05) is 62.4 Å². The van der Waals surface area contributed by atoms with E-state index in [0.29, 0.717) is 38.3 Å². The Hall–Kier alpha value is -3.56. The lowest BCUT2D eigenvalue weighted by Gasteiger charge is -2.34. The SMILES string of the molecule is CCOc1ccc(-c2cc(N3CCN(S(=O)(=O)c4cccc5ccc(C)nc45)CC3)ncn2)cc1. The van der Waals surface area contributed by atoms with E-state index < -0.39 is 10.0 Å². The molecule has 2 aromatic heterocycles. The smallest absolute Gasteiger partial charge is 0.245 e. The molecule has 0 atom stereocenters. The molecule has 1 saturated heterocycles. The van der Waals surface area contributed by atoms with Crippen molar-refractivity contribution in [1.82, 2.24) is 19.3 Å². The van der Waals surface area contributed by atoms with Gasteiger partial charge in [0.1, 0.15) is 22.8 Å². The van der Waals surface area contributed by atoms with Crippen molar-refractivity contribution in [3.05, 3.63) is 72.7 Å². The molecule has 1 aliphatic heterocycles. The van der Waals surface area contributed by atoms with Crippen LogP contribution < -0.4 is 9.64 Å². The van der Waals surface area contributed by atoms with Crippen LogP contribution in [0.4, 0.5) is 5.82 Å². The third-order valence-electron chi connectivity index (χ3n) is 6.12. The highest BCUT2D eigenvalue weighted by atomic mass is 32.2. The number of para-hydroxylation sites is 1. The molecule has 8 nitrogen and oxygen atoms in total. The van der Waals surface area contributed by atoms with Gasteiger partial charge >= 0.3 is 0 Å². The molecule has 0 bridgehead atoms. The molecule has 3 heterocycles. The van der Waals surface area contributed by atoms with Gasteiger partial charge in [0.05, 0.1) is 17.8 Å². The summed E-state index contributed by atoms with van der Waals surface area (Å²) in [6, 6.07) is 18.8. The van der Waals surface area contributed by atoms with Gasteiger partial charge in [0, 0.05) is 48.9 Å². The number of sulfonamides is 1. The third kappa shape index (κ3) is 4.69. The number of piperazine rings is 1. The van der Waals surface area contributed by atoms with Crippen LogP contribution in [0.5, 0.6) is 5.75 Å². The van der Waals surface area contributed by atoms with Crippen LogP contribution in [0.2, 0.25) is 0 Å². The summed E-state index contributed by atoms with van der Waals surface area (Å²) in [7, 11) is -3.67. The zero-order valence-electron chi connectivity index (χ0n) is 19.8. The Balaban J connectivity index is 1.33. The molecule has 0 amide bonds. The summed E-state index contributed by atoms with van der Waals surface area (Å²) in [5.74, 6) is 1.60. The fourth-order valence-electron chi connectivity index (χ4n) is 4.29. The number of hydrogen-bond donors (Lipinski definition) is 0. The molecule has 1 fully saturated rings. The van der Waals surface area contributed by atoms with Crippen molar-refractivity contribution in [1.29, 1.82) is 0 Å². The number of ether oxygens (including phenoxy) is 1. The van der Waals surface area contributed by atoms with Gasteiger partial charge in [0.15, 0.2) is 0 Å². The number of benzene rings is 2. The highest BCUT2D eigenvalue weighted by Gasteiger charge is 2.30. The topological polar surface area (TPSA) is 88.5 Å². The molecular formula is C26H27N5O3S. The third-order valence-corrected chi connectivity index (χ3v) is 8.05. The summed E-state index contributed by atoms with van der Waals surface area (Å²) in [5, 5.41) is 0.818. The van der Waals surface area contributed by atoms with Crippen molar-refractivity contribution in [2.45, 2.75) is 18.7 Å². The number of nitrogens with zero attached hydrogens (tertiary/aromatic N) is 5. The van der Waals surface area contributed by atoms with Crippen molar-refractivity contribution in [2.24, 2.45) is 0 Å². The zero-order chi connectivity index (χ0) is 24.4. The maximum atomic E-state index is 13.5. The number of hydrogen-bond acceptors (Lipinski definition) is 7. The van der Waals surface area contributed by atoms with Crippen LogP contribution >= 0.6 is 0 Å². The van der Waals surface area contributed by atoms with Crippen LogP contribution in [0, 0.1) is 6.92 Å². The summed E-state index contributed by atoms with van der Waals surface area (Å²) in [4.78, 5) is 15.7. The van der Waals surface area contributed by atoms with Crippen LogP contribution in [0.15, 0.2) is 71.9 Å². The summed E-state index contributed by atoms with van der Waals surface area (Å²) in [6.45, 7) is 6.25. The Morgan fingerprint density at radius 3 is 2.46 bits per heavy atom. The molecule has 0 radical (unpaired) electrons. The molecule has 180 valence electrons. The minimum Gasteiger partial charge on any atom is -0.494 e. The van der Waals surface area contributed by atoms with Crippen molar-refractivity contribution < 1.29 is 13.2 Å². The molecule has 0 saturated carbocycles. The maximum absolute atomic E-state index is 13.5. The first-order valence-electron chi connectivity index (χ1n) is 11.6. The number of pyridine rings is 1. The Labute approximate surface area is 205 Å². The second-order valence-electron chi connectivity index (χ2n) is 8.39. The van der Waals surface area contributed by atoms with Crippen LogP contribution in [-0.4, -0.2) is 60.5 Å². The van der Waals surface area contributed by atoms with Gasteiger partial charge in [-0.2, -0.15) is 4.31 Å². The molecule has 0 aliphatic carbocycles. The largest absolute Gasteiger partial charge is 0.494 e. The average Bonchev–Trinajstić information content (AvgIpc) is 2.89. The number of fused-ring (bicyclic) bond motifs is 1. The van der Waals surface area contributed by atoms with Crippen molar-refractivity contribution in [3.8, 4) is 17.0 Å². The second kappa shape index (κ2) is 9.59. The predicted molar refractivity (Wildman–Crippen MR) is 136 cm³/mol. The standard InChI is InChI=1S/C26H27N5O3S/c1-3-34-22-11-9-20(10-12-22)23-17-25(28-18-27-23)30-13-15-31(16-14-30)35(32,33)24-6-4-5-21-8-7-19(2)29-26(21)24/h4-12,17-18H,3,13-16H2,1-2H3. The predicted octanol–water partition coefficient (Wildman–Crippen LogP) is 3.91. The molecule has 4 aromatic rings. The number of aryl methyl sites for hydroxylation is 1. The summed E-state index contributed by atoms with van der Waals surface area (Å²) >= 11 is 0. The molecule has 1 aliphatic rings. The normalized spacial score (nSPS) is 14.9. The molecule has 5 rings (SSSR count). The van der Waals surface area contributed by atoms with Gasteiger partial charge in [0.25, 0.3) is 0 Å². The fraction of sp³-hybridized carbons (Fsp3) is 0.269. The molecule has 2 aromatic carbocycles. The average molecular weight is 490 g/mol. The first-order valence-corrected chi connectivity index (χ1v) is 13.1. The van der Waals surface area contributed by atoms with Gasteiger partial charge < -0.3 is 9.64 Å². The van der Waals surface area contributed by atoms with Crippen molar-refractivity contribution in [3.63, 3.8) is 0 Å². The van der Waals surface area contributed by atoms with E-state index in [-0.39, 0.29) is 4.90 Å². The van der Waals surface area contributed by atoms with E-state index in [0.717, 1.165) is 33.9 Å². The van der Waals surface area contributed by atoms with E-state index in [9.17, 15) is 8.42 Å². The molecule has 0 N–H and O–H groups in total. The first-order chi connectivity index (χ1) is 17.0. The van der Waals surface area contributed by atoms with Gasteiger partial charge in [-0.25, -0.2) is 18.4 Å². The van der Waals surface area contributed by atoms with Crippen LogP contribution in [-0.2, 0) is 10.0 Å². The molecule has 9 heteroatoms. The monoisotopic (exact) mass is 489 g/mol. The highest BCUT2D eigenvalue weighted by molar-refractivity contribution is 7.89. The minimum absolute atomic E-state index is 0.256. The number of rotatable bonds is 6. The quantitative estimate of drug-likeness (QED) is 0.406. The van der Waals surface area contributed by atoms with Crippen LogP contribution in [0.1, 0.15) is 12.6 Å². The lowest BCUT2D eigenvalue weighted by molar-refractivity contribution is 0.340. The van der Waals surface area contributed by atoms with Gasteiger partial charge in [-0.15, -0.1) is 0 Å².